The Kier molecular flexibility index (Phi) is 6.25. The number of benzene rings is 2. The maximum absolute atomic E-state index is 12.9. The van der Waals surface area contributed by atoms with Crippen molar-refractivity contribution in [1.29, 1.82) is 0 Å². The van der Waals surface area contributed by atoms with E-state index in [9.17, 15) is 9.59 Å². The monoisotopic (exact) mass is 489 g/mol. The number of aryl methyl sites for hydroxylation is 2. The molecule has 1 amide bonds. The summed E-state index contributed by atoms with van der Waals surface area (Å²) in [5, 5.41) is 5.24. The number of hydrogen-bond donors (Lipinski definition) is 0. The lowest BCUT2D eigenvalue weighted by Crippen LogP contribution is -2.52. The van der Waals surface area contributed by atoms with E-state index < -0.39 is 6.10 Å². The summed E-state index contributed by atoms with van der Waals surface area (Å²) in [5.74, 6) is 1.27. The summed E-state index contributed by atoms with van der Waals surface area (Å²) >= 11 is 1.40. The van der Waals surface area contributed by atoms with Crippen molar-refractivity contribution in [3.63, 3.8) is 0 Å². The van der Waals surface area contributed by atoms with Gasteiger partial charge in [0.25, 0.3) is 11.5 Å². The highest BCUT2D eigenvalue weighted by atomic mass is 32.1. The molecule has 0 aliphatic carbocycles. The summed E-state index contributed by atoms with van der Waals surface area (Å²) in [6, 6.07) is 17.2. The van der Waals surface area contributed by atoms with Crippen molar-refractivity contribution in [2.24, 2.45) is 0 Å². The van der Waals surface area contributed by atoms with E-state index in [4.69, 9.17) is 9.72 Å². The van der Waals surface area contributed by atoms with Crippen molar-refractivity contribution in [2.75, 3.05) is 31.1 Å². The van der Waals surface area contributed by atoms with E-state index in [0.29, 0.717) is 42.7 Å². The minimum absolute atomic E-state index is 0.0418. The molecule has 0 N–H and O–H groups in total. The number of carbonyl (C=O) groups excluding carboxylic acids is 1. The van der Waals surface area contributed by atoms with E-state index in [1.807, 2.05) is 72.2 Å². The molecule has 180 valence electrons. The fourth-order valence-corrected chi connectivity index (χ4v) is 5.11. The molecule has 1 atom stereocenters. The molecule has 9 heteroatoms. The summed E-state index contributed by atoms with van der Waals surface area (Å²) in [5.41, 5.74) is 2.98. The first-order valence-electron chi connectivity index (χ1n) is 11.6. The molecular weight excluding hydrogens is 462 g/mol. The topological polar surface area (TPSA) is 80.0 Å². The quantitative estimate of drug-likeness (QED) is 0.427. The van der Waals surface area contributed by atoms with Crippen LogP contribution in [0, 0.1) is 13.8 Å². The van der Waals surface area contributed by atoms with Gasteiger partial charge >= 0.3 is 0 Å². The lowest BCUT2D eigenvalue weighted by molar-refractivity contribution is -0.138. The second kappa shape index (κ2) is 9.50. The molecule has 35 heavy (non-hydrogen) atoms. The van der Waals surface area contributed by atoms with Crippen molar-refractivity contribution < 1.29 is 9.53 Å². The fraction of sp³-hybridized carbons (Fsp3) is 0.308. The van der Waals surface area contributed by atoms with Gasteiger partial charge in [0.2, 0.25) is 4.96 Å². The van der Waals surface area contributed by atoms with Crippen molar-refractivity contribution in [1.82, 2.24) is 19.5 Å². The van der Waals surface area contributed by atoms with Crippen LogP contribution in [-0.4, -0.2) is 57.7 Å². The molecule has 1 aliphatic rings. The van der Waals surface area contributed by atoms with E-state index in [1.54, 1.807) is 6.92 Å². The van der Waals surface area contributed by atoms with E-state index in [0.717, 1.165) is 21.7 Å². The summed E-state index contributed by atoms with van der Waals surface area (Å²) in [4.78, 5) is 34.8. The van der Waals surface area contributed by atoms with Gasteiger partial charge in [0.15, 0.2) is 6.10 Å². The van der Waals surface area contributed by atoms with Gasteiger partial charge < -0.3 is 14.5 Å². The zero-order valence-corrected chi connectivity index (χ0v) is 20.8. The zero-order valence-electron chi connectivity index (χ0n) is 20.0. The van der Waals surface area contributed by atoms with E-state index in [-0.39, 0.29) is 11.5 Å². The summed E-state index contributed by atoms with van der Waals surface area (Å²) in [6.45, 7) is 8.06. The minimum Gasteiger partial charge on any atom is -0.481 e. The third kappa shape index (κ3) is 4.90. The Balaban J connectivity index is 1.27. The van der Waals surface area contributed by atoms with Gasteiger partial charge in [-0.25, -0.2) is 4.98 Å². The third-order valence-corrected chi connectivity index (χ3v) is 7.02. The molecule has 4 aromatic rings. The van der Waals surface area contributed by atoms with Crippen LogP contribution >= 0.6 is 11.3 Å². The number of nitrogens with zero attached hydrogens (tertiary/aromatic N) is 5. The first-order chi connectivity index (χ1) is 16.9. The molecule has 2 aromatic carbocycles. The molecule has 1 aliphatic heterocycles. The summed E-state index contributed by atoms with van der Waals surface area (Å²) in [6.07, 6.45) is -0.570. The zero-order chi connectivity index (χ0) is 24.5. The van der Waals surface area contributed by atoms with E-state index in [2.05, 4.69) is 5.10 Å². The largest absolute Gasteiger partial charge is 0.481 e. The van der Waals surface area contributed by atoms with Crippen LogP contribution in [0.3, 0.4) is 0 Å². The Morgan fingerprint density at radius 2 is 1.71 bits per heavy atom. The molecule has 5 rings (SSSR count). The van der Waals surface area contributed by atoms with Gasteiger partial charge in [-0.1, -0.05) is 47.2 Å². The smallest absolute Gasteiger partial charge is 0.277 e. The molecule has 2 aromatic heterocycles. The normalized spacial score (nSPS) is 14.8. The highest BCUT2D eigenvalue weighted by molar-refractivity contribution is 7.19. The molecule has 0 spiro atoms. The molecule has 8 nitrogen and oxygen atoms in total. The predicted octanol–water partition coefficient (Wildman–Crippen LogP) is 3.55. The minimum atomic E-state index is -0.570. The molecule has 0 radical (unpaired) electrons. The maximum atomic E-state index is 12.9. The predicted molar refractivity (Wildman–Crippen MR) is 137 cm³/mol. The number of aromatic nitrogens is 3. The molecule has 1 saturated heterocycles. The Morgan fingerprint density at radius 3 is 2.43 bits per heavy atom. The Labute approximate surface area is 207 Å². The van der Waals surface area contributed by atoms with Gasteiger partial charge in [-0.05, 0) is 44.5 Å². The van der Waals surface area contributed by atoms with Crippen LogP contribution in [0.4, 0.5) is 5.82 Å². The van der Waals surface area contributed by atoms with Gasteiger partial charge in [-0.2, -0.15) is 9.61 Å². The van der Waals surface area contributed by atoms with Gasteiger partial charge in [0.1, 0.15) is 16.6 Å². The van der Waals surface area contributed by atoms with Crippen LogP contribution in [0.1, 0.15) is 18.1 Å². The Hall–Kier alpha value is -3.72. The van der Waals surface area contributed by atoms with Gasteiger partial charge in [0, 0.05) is 37.8 Å². The summed E-state index contributed by atoms with van der Waals surface area (Å²) in [7, 11) is 0. The first-order valence-corrected chi connectivity index (χ1v) is 12.4. The van der Waals surface area contributed by atoms with Gasteiger partial charge in [-0.3, -0.25) is 9.59 Å². The molecule has 0 bridgehead atoms. The third-order valence-electron chi connectivity index (χ3n) is 6.06. The number of fused-ring (bicyclic) bond motifs is 1. The molecule has 3 heterocycles. The number of anilines is 1. The highest BCUT2D eigenvalue weighted by Gasteiger charge is 2.27. The van der Waals surface area contributed by atoms with E-state index in [1.165, 1.54) is 21.9 Å². The van der Waals surface area contributed by atoms with Crippen LogP contribution < -0.4 is 15.2 Å². The molecular formula is C26H27N5O3S. The summed E-state index contributed by atoms with van der Waals surface area (Å²) < 4.78 is 7.22. The number of rotatable bonds is 5. The van der Waals surface area contributed by atoms with Crippen molar-refractivity contribution in [3.8, 4) is 16.3 Å². The average molecular weight is 490 g/mol. The number of amides is 1. The number of carbonyl (C=O) groups is 1. The maximum Gasteiger partial charge on any atom is 0.277 e. The highest BCUT2D eigenvalue weighted by Crippen LogP contribution is 2.26. The van der Waals surface area contributed by atoms with Crippen LogP contribution in [0.15, 0.2) is 59.4 Å². The number of ether oxygens (including phenoxy) is 1. The Bertz CT molecular complexity index is 1440. The van der Waals surface area contributed by atoms with Gasteiger partial charge in [0.05, 0.1) is 0 Å². The number of piperazine rings is 1. The van der Waals surface area contributed by atoms with Crippen LogP contribution in [0.5, 0.6) is 5.75 Å². The SMILES string of the molecule is Cc1cccc(O[C@@H](C)C(=O)N2CCN(c3cc(=O)n4nc(-c5cccc(C)c5)sc4n3)CC2)c1. The van der Waals surface area contributed by atoms with Crippen molar-refractivity contribution in [3.05, 3.63) is 76.1 Å². The van der Waals surface area contributed by atoms with Crippen molar-refractivity contribution >= 4 is 28.0 Å². The molecule has 0 unspecified atom stereocenters. The fourth-order valence-electron chi connectivity index (χ4n) is 4.21. The lowest BCUT2D eigenvalue weighted by Gasteiger charge is -2.36. The van der Waals surface area contributed by atoms with E-state index >= 15 is 0 Å². The second-order valence-electron chi connectivity index (χ2n) is 8.81. The molecule has 1 fully saturated rings. The average Bonchev–Trinajstić information content (AvgIpc) is 3.29. The van der Waals surface area contributed by atoms with Gasteiger partial charge in [-0.15, -0.1) is 0 Å². The number of hydrogen-bond acceptors (Lipinski definition) is 7. The standard InChI is InChI=1S/C26H27N5O3S/c1-17-6-4-8-20(14-17)24-28-31-23(32)16-22(27-26(31)35-24)29-10-12-30(13-11-29)25(33)19(3)34-21-9-5-7-18(2)15-21/h4-9,14-16,19H,10-13H2,1-3H3/t19-/m0/s1. The molecule has 0 saturated carbocycles. The lowest BCUT2D eigenvalue weighted by atomic mass is 10.1. The first kappa shape index (κ1) is 23.0. The Morgan fingerprint density at radius 1 is 1.00 bits per heavy atom. The van der Waals surface area contributed by atoms with Crippen LogP contribution in [-0.2, 0) is 4.79 Å². The second-order valence-corrected chi connectivity index (χ2v) is 9.77. The van der Waals surface area contributed by atoms with Crippen molar-refractivity contribution in [2.45, 2.75) is 26.9 Å². The van der Waals surface area contributed by atoms with Crippen LogP contribution in [0.25, 0.3) is 15.5 Å². The van der Waals surface area contributed by atoms with Crippen LogP contribution in [0.2, 0.25) is 0 Å².